The highest BCUT2D eigenvalue weighted by atomic mass is 19.4. The molecule has 2 heterocycles. The zero-order valence-electron chi connectivity index (χ0n) is 10.6. The third kappa shape index (κ3) is 2.14. The molecule has 0 atom stereocenters. The van der Waals surface area contributed by atoms with Crippen LogP contribution in [0.4, 0.5) is 19.0 Å². The molecule has 0 radical (unpaired) electrons. The quantitative estimate of drug-likeness (QED) is 0.878. The summed E-state index contributed by atoms with van der Waals surface area (Å²) in [5.74, 6) is 0.409. The maximum atomic E-state index is 13.1. The van der Waals surface area contributed by atoms with Crippen LogP contribution in [0.5, 0.6) is 0 Å². The lowest BCUT2D eigenvalue weighted by molar-refractivity contribution is -0.137. The van der Waals surface area contributed by atoms with Crippen molar-refractivity contribution in [3.8, 4) is 6.07 Å². The summed E-state index contributed by atoms with van der Waals surface area (Å²) in [6.45, 7) is 0.335. The lowest BCUT2D eigenvalue weighted by Crippen LogP contribution is -2.18. The van der Waals surface area contributed by atoms with Crippen LogP contribution in [0.3, 0.4) is 0 Å². The summed E-state index contributed by atoms with van der Waals surface area (Å²) in [6, 6.07) is 7.28. The van der Waals surface area contributed by atoms with Crippen molar-refractivity contribution in [1.82, 2.24) is 9.78 Å². The summed E-state index contributed by atoms with van der Waals surface area (Å²) in [6.07, 6.45) is -1.50. The maximum Gasteiger partial charge on any atom is 0.417 e. The number of aromatic nitrogens is 2. The molecule has 1 aliphatic rings. The average molecular weight is 290 g/mol. The summed E-state index contributed by atoms with van der Waals surface area (Å²) in [7, 11) is 0. The van der Waals surface area contributed by atoms with Gasteiger partial charge in [-0.15, -0.1) is 0 Å². The van der Waals surface area contributed by atoms with E-state index >= 15 is 0 Å². The second-order valence-corrected chi connectivity index (χ2v) is 4.44. The molecule has 0 saturated carbocycles. The van der Waals surface area contributed by atoms with E-state index in [4.69, 9.17) is 5.26 Å². The van der Waals surface area contributed by atoms with Gasteiger partial charge < -0.3 is 5.32 Å². The Bertz CT molecular complexity index is 765. The molecular formula is C14H9F3N4. The number of fused-ring (bicyclic) bond motifs is 1. The molecule has 2 aromatic rings. The van der Waals surface area contributed by atoms with Crippen molar-refractivity contribution in [2.24, 2.45) is 0 Å². The fourth-order valence-corrected chi connectivity index (χ4v) is 2.29. The van der Waals surface area contributed by atoms with Crippen LogP contribution in [0.15, 0.2) is 36.5 Å². The van der Waals surface area contributed by atoms with E-state index in [2.05, 4.69) is 10.4 Å². The van der Waals surface area contributed by atoms with Crippen LogP contribution >= 0.6 is 0 Å². The monoisotopic (exact) mass is 290 g/mol. The van der Waals surface area contributed by atoms with E-state index in [-0.39, 0.29) is 5.56 Å². The molecule has 0 spiro atoms. The zero-order valence-corrected chi connectivity index (χ0v) is 10.6. The van der Waals surface area contributed by atoms with E-state index in [0.29, 0.717) is 23.6 Å². The Labute approximate surface area is 118 Å². The fourth-order valence-electron chi connectivity index (χ4n) is 2.29. The first-order valence-corrected chi connectivity index (χ1v) is 6.11. The molecule has 1 aromatic heterocycles. The van der Waals surface area contributed by atoms with E-state index in [1.54, 1.807) is 12.1 Å². The molecule has 1 aromatic carbocycles. The third-order valence-corrected chi connectivity index (χ3v) is 3.19. The van der Waals surface area contributed by atoms with Crippen molar-refractivity contribution in [3.63, 3.8) is 0 Å². The third-order valence-electron chi connectivity index (χ3n) is 3.19. The van der Waals surface area contributed by atoms with Gasteiger partial charge in [0, 0.05) is 12.1 Å². The number of nitriles is 1. The molecule has 0 bridgehead atoms. The Morgan fingerprint density at radius 3 is 2.76 bits per heavy atom. The molecule has 1 N–H and O–H groups in total. The van der Waals surface area contributed by atoms with Crippen LogP contribution in [0, 0.1) is 11.3 Å². The summed E-state index contributed by atoms with van der Waals surface area (Å²) in [4.78, 5) is 0. The van der Waals surface area contributed by atoms with E-state index < -0.39 is 11.7 Å². The van der Waals surface area contributed by atoms with Crippen LogP contribution in [-0.4, -0.2) is 16.3 Å². The van der Waals surface area contributed by atoms with E-state index in [1.807, 2.05) is 6.07 Å². The topological polar surface area (TPSA) is 53.6 Å². The number of hydrogen-bond donors (Lipinski definition) is 1. The number of nitrogens with zero attached hydrogens (tertiary/aromatic N) is 3. The van der Waals surface area contributed by atoms with Gasteiger partial charge in [0.15, 0.2) is 0 Å². The molecule has 0 saturated heterocycles. The molecule has 21 heavy (non-hydrogen) atoms. The number of anilines is 1. The summed E-state index contributed by atoms with van der Waals surface area (Å²) >= 11 is 0. The first-order chi connectivity index (χ1) is 10.0. The molecular weight excluding hydrogens is 281 g/mol. The Hall–Kier alpha value is -2.75. The minimum Gasteiger partial charge on any atom is -0.365 e. The molecule has 3 rings (SSSR count). The highest BCUT2D eigenvalue weighted by Gasteiger charge is 2.35. The molecule has 106 valence electrons. The van der Waals surface area contributed by atoms with Gasteiger partial charge in [0.25, 0.3) is 0 Å². The van der Waals surface area contributed by atoms with Crippen molar-refractivity contribution < 1.29 is 13.2 Å². The summed E-state index contributed by atoms with van der Waals surface area (Å²) < 4.78 is 40.7. The number of benzene rings is 1. The highest BCUT2D eigenvalue weighted by molar-refractivity contribution is 5.75. The lowest BCUT2D eigenvalue weighted by atomic mass is 10.0. The number of rotatable bonds is 1. The molecule has 0 fully saturated rings. The Kier molecular flexibility index (Phi) is 2.94. The zero-order chi connectivity index (χ0) is 15.0. The summed E-state index contributed by atoms with van der Waals surface area (Å²) in [5, 5.41) is 15.9. The second kappa shape index (κ2) is 4.66. The van der Waals surface area contributed by atoms with Crippen LogP contribution < -0.4 is 5.32 Å². The molecule has 0 amide bonds. The lowest BCUT2D eigenvalue weighted by Gasteiger charge is -2.21. The second-order valence-electron chi connectivity index (χ2n) is 4.44. The minimum atomic E-state index is -4.45. The number of halogens is 3. The van der Waals surface area contributed by atoms with Crippen molar-refractivity contribution in [1.29, 1.82) is 5.26 Å². The predicted octanol–water partition coefficient (Wildman–Crippen LogP) is 3.09. The number of nitrogens with one attached hydrogen (secondary N) is 1. The van der Waals surface area contributed by atoms with Gasteiger partial charge >= 0.3 is 6.18 Å². The van der Waals surface area contributed by atoms with Gasteiger partial charge in [-0.25, -0.2) is 4.68 Å². The SMILES string of the molecule is N#Cc1cnn2c1NCC=C2c1ccccc1C(F)(F)F. The van der Waals surface area contributed by atoms with Crippen molar-refractivity contribution >= 4 is 11.5 Å². The van der Waals surface area contributed by atoms with Crippen LogP contribution in [0.1, 0.15) is 16.7 Å². The van der Waals surface area contributed by atoms with Gasteiger partial charge in [0.05, 0.1) is 17.5 Å². The van der Waals surface area contributed by atoms with Crippen LogP contribution in [0.2, 0.25) is 0 Å². The van der Waals surface area contributed by atoms with Gasteiger partial charge in [-0.1, -0.05) is 18.2 Å². The smallest absolute Gasteiger partial charge is 0.365 e. The van der Waals surface area contributed by atoms with Crippen LogP contribution in [0.25, 0.3) is 5.70 Å². The standard InChI is InChI=1S/C14H9F3N4/c15-14(16,17)11-4-2-1-3-10(11)12-5-6-19-13-9(7-18)8-20-21(12)13/h1-5,8,19H,6H2. The van der Waals surface area contributed by atoms with Gasteiger partial charge in [0.1, 0.15) is 17.5 Å². The number of alkyl halides is 3. The first kappa shape index (κ1) is 13.2. The molecule has 0 unspecified atom stereocenters. The van der Waals surface area contributed by atoms with Gasteiger partial charge in [0.2, 0.25) is 0 Å². The normalized spacial score (nSPS) is 13.9. The largest absolute Gasteiger partial charge is 0.417 e. The minimum absolute atomic E-state index is 0.0420. The Morgan fingerprint density at radius 2 is 2.05 bits per heavy atom. The Balaban J connectivity index is 2.18. The first-order valence-electron chi connectivity index (χ1n) is 6.11. The predicted molar refractivity (Wildman–Crippen MR) is 70.3 cm³/mol. The van der Waals surface area contributed by atoms with Gasteiger partial charge in [-0.05, 0) is 12.1 Å². The van der Waals surface area contributed by atoms with E-state index in [0.717, 1.165) is 6.07 Å². The fraction of sp³-hybridized carbons (Fsp3) is 0.143. The van der Waals surface area contributed by atoms with Crippen molar-refractivity contribution in [2.45, 2.75) is 6.18 Å². The molecule has 0 aliphatic carbocycles. The molecule has 1 aliphatic heterocycles. The van der Waals surface area contributed by atoms with E-state index in [9.17, 15) is 13.2 Å². The van der Waals surface area contributed by atoms with Crippen molar-refractivity contribution in [2.75, 3.05) is 11.9 Å². The Morgan fingerprint density at radius 1 is 1.29 bits per heavy atom. The highest BCUT2D eigenvalue weighted by Crippen LogP contribution is 2.37. The van der Waals surface area contributed by atoms with Gasteiger partial charge in [-0.3, -0.25) is 0 Å². The van der Waals surface area contributed by atoms with Crippen molar-refractivity contribution in [3.05, 3.63) is 53.2 Å². The summed E-state index contributed by atoms with van der Waals surface area (Å²) in [5.41, 5.74) is -0.0679. The van der Waals surface area contributed by atoms with E-state index in [1.165, 1.54) is 23.0 Å². The maximum absolute atomic E-state index is 13.1. The van der Waals surface area contributed by atoms with Crippen LogP contribution in [-0.2, 0) is 6.18 Å². The molecule has 7 heteroatoms. The molecule has 4 nitrogen and oxygen atoms in total. The average Bonchev–Trinajstić information content (AvgIpc) is 2.89. The van der Waals surface area contributed by atoms with Gasteiger partial charge in [-0.2, -0.15) is 23.5 Å². The number of hydrogen-bond acceptors (Lipinski definition) is 3.